The molecule has 0 aromatic rings. The summed E-state index contributed by atoms with van der Waals surface area (Å²) in [5.41, 5.74) is 0. The Morgan fingerprint density at radius 1 is 0.500 bits per heavy atom. The van der Waals surface area contributed by atoms with Crippen LogP contribution in [-0.4, -0.2) is 36.4 Å². The van der Waals surface area contributed by atoms with Crippen molar-refractivity contribution in [2.45, 2.75) is 187 Å². The molecule has 48 heavy (non-hydrogen) atoms. The summed E-state index contributed by atoms with van der Waals surface area (Å²) in [5.74, 6) is -0.628. The van der Waals surface area contributed by atoms with Crippen molar-refractivity contribution in [1.29, 1.82) is 0 Å². The van der Waals surface area contributed by atoms with Crippen molar-refractivity contribution < 1.29 is 24.2 Å². The van der Waals surface area contributed by atoms with E-state index in [2.05, 4.69) is 74.6 Å². The van der Waals surface area contributed by atoms with Crippen LogP contribution in [0.2, 0.25) is 0 Å². The minimum absolute atomic E-state index is 0.0834. The largest absolute Gasteiger partial charge is 0.462 e. The van der Waals surface area contributed by atoms with Crippen molar-refractivity contribution in [3.8, 4) is 0 Å². The van der Waals surface area contributed by atoms with Crippen molar-refractivity contribution in [2.24, 2.45) is 0 Å². The molecule has 276 valence electrons. The molecular formula is C43H74O5. The average molecular weight is 671 g/mol. The fourth-order valence-electron chi connectivity index (χ4n) is 5.34. The monoisotopic (exact) mass is 671 g/mol. The Bertz CT molecular complexity index is 853. The first-order valence-corrected chi connectivity index (χ1v) is 19.8. The third-order valence-electron chi connectivity index (χ3n) is 8.33. The van der Waals surface area contributed by atoms with Gasteiger partial charge in [-0.1, -0.05) is 171 Å². The SMILES string of the molecule is CCC=CCC=CCC=CCC=CCC=CCCCCCC(=O)OC[C@H](CO)OC(=O)CCCCCCCCCCCCCCCCC. The topological polar surface area (TPSA) is 72.8 Å². The number of carbonyl (C=O) groups is 2. The fourth-order valence-corrected chi connectivity index (χ4v) is 5.34. The first-order chi connectivity index (χ1) is 23.6. The van der Waals surface area contributed by atoms with Crippen LogP contribution in [0, 0.1) is 0 Å². The van der Waals surface area contributed by atoms with Gasteiger partial charge in [-0.15, -0.1) is 0 Å². The molecule has 0 fully saturated rings. The van der Waals surface area contributed by atoms with Gasteiger partial charge in [0.1, 0.15) is 6.61 Å². The summed E-state index contributed by atoms with van der Waals surface area (Å²) in [5, 5.41) is 9.55. The number of hydrogen-bond donors (Lipinski definition) is 1. The number of ether oxygens (including phenoxy) is 2. The molecule has 0 spiro atoms. The van der Waals surface area contributed by atoms with Gasteiger partial charge in [-0.3, -0.25) is 9.59 Å². The summed E-state index contributed by atoms with van der Waals surface area (Å²) in [7, 11) is 0. The van der Waals surface area contributed by atoms with E-state index in [9.17, 15) is 14.7 Å². The molecule has 0 aliphatic heterocycles. The zero-order chi connectivity index (χ0) is 35.0. The van der Waals surface area contributed by atoms with Crippen LogP contribution in [-0.2, 0) is 19.1 Å². The fraction of sp³-hybridized carbons (Fsp3) is 0.721. The highest BCUT2D eigenvalue weighted by Crippen LogP contribution is 2.14. The number of hydrogen-bond acceptors (Lipinski definition) is 5. The smallest absolute Gasteiger partial charge is 0.306 e. The molecule has 0 aliphatic rings. The molecule has 0 amide bonds. The van der Waals surface area contributed by atoms with Crippen molar-refractivity contribution in [3.05, 3.63) is 60.8 Å². The minimum Gasteiger partial charge on any atom is -0.462 e. The molecule has 0 aliphatic carbocycles. The predicted molar refractivity (Wildman–Crippen MR) is 205 cm³/mol. The lowest BCUT2D eigenvalue weighted by molar-refractivity contribution is -0.161. The van der Waals surface area contributed by atoms with Gasteiger partial charge in [0.05, 0.1) is 6.61 Å². The molecule has 0 saturated carbocycles. The zero-order valence-corrected chi connectivity index (χ0v) is 31.2. The van der Waals surface area contributed by atoms with Crippen molar-refractivity contribution in [3.63, 3.8) is 0 Å². The Labute approximate surface area is 296 Å². The molecule has 0 rings (SSSR count). The van der Waals surface area contributed by atoms with Gasteiger partial charge in [0.2, 0.25) is 0 Å². The molecule has 0 bridgehead atoms. The van der Waals surface area contributed by atoms with Gasteiger partial charge in [0.25, 0.3) is 0 Å². The molecule has 0 heterocycles. The maximum atomic E-state index is 12.2. The quantitative estimate of drug-likeness (QED) is 0.0413. The molecule has 0 aromatic carbocycles. The van der Waals surface area contributed by atoms with E-state index in [1.165, 1.54) is 77.0 Å². The summed E-state index contributed by atoms with van der Waals surface area (Å²) < 4.78 is 10.6. The van der Waals surface area contributed by atoms with Gasteiger partial charge < -0.3 is 14.6 Å². The number of aliphatic hydroxyl groups excluding tert-OH is 1. The first kappa shape index (κ1) is 45.6. The Kier molecular flexibility index (Phi) is 37.1. The lowest BCUT2D eigenvalue weighted by Crippen LogP contribution is -2.28. The Hall–Kier alpha value is -2.40. The molecular weight excluding hydrogens is 596 g/mol. The van der Waals surface area contributed by atoms with E-state index in [0.717, 1.165) is 77.0 Å². The summed E-state index contributed by atoms with van der Waals surface area (Å²) >= 11 is 0. The van der Waals surface area contributed by atoms with Gasteiger partial charge in [0.15, 0.2) is 6.10 Å². The van der Waals surface area contributed by atoms with E-state index in [1.807, 2.05) is 0 Å². The molecule has 5 heteroatoms. The molecule has 1 atom stereocenters. The first-order valence-electron chi connectivity index (χ1n) is 19.8. The molecule has 0 unspecified atom stereocenters. The molecule has 1 N–H and O–H groups in total. The van der Waals surface area contributed by atoms with Crippen molar-refractivity contribution in [1.82, 2.24) is 0 Å². The highest BCUT2D eigenvalue weighted by atomic mass is 16.6. The standard InChI is InChI=1S/C43H74O5/c1-3-5-7-9-11-13-15-17-19-20-21-22-24-25-27-29-31-33-35-37-42(45)47-40-41(39-44)48-43(46)38-36-34-32-30-28-26-23-18-16-14-12-10-8-6-4-2/h5,7,11,13,17,19,21-22,25,27,41,44H,3-4,6,8-10,12,14-16,18,20,23-24,26,28-40H2,1-2H3/t41-/m0/s1. The summed E-state index contributed by atoms with van der Waals surface area (Å²) in [6.45, 7) is 3.99. The van der Waals surface area contributed by atoms with Crippen molar-refractivity contribution >= 4 is 11.9 Å². The Morgan fingerprint density at radius 2 is 0.896 bits per heavy atom. The number of aliphatic hydroxyl groups is 1. The lowest BCUT2D eigenvalue weighted by atomic mass is 10.0. The molecule has 0 radical (unpaired) electrons. The number of carbonyl (C=O) groups excluding carboxylic acids is 2. The average Bonchev–Trinajstić information content (AvgIpc) is 3.09. The van der Waals surface area contributed by atoms with E-state index in [0.29, 0.717) is 12.8 Å². The highest BCUT2D eigenvalue weighted by molar-refractivity contribution is 5.70. The third-order valence-corrected chi connectivity index (χ3v) is 8.33. The van der Waals surface area contributed by atoms with Crippen LogP contribution in [0.5, 0.6) is 0 Å². The van der Waals surface area contributed by atoms with Gasteiger partial charge in [0, 0.05) is 12.8 Å². The predicted octanol–water partition coefficient (Wildman–Crippen LogP) is 12.4. The van der Waals surface area contributed by atoms with Gasteiger partial charge in [-0.25, -0.2) is 0 Å². The van der Waals surface area contributed by atoms with E-state index in [4.69, 9.17) is 9.47 Å². The molecule has 0 saturated heterocycles. The summed E-state index contributed by atoms with van der Waals surface area (Å²) in [6, 6.07) is 0. The maximum absolute atomic E-state index is 12.2. The number of allylic oxidation sites excluding steroid dienone is 10. The van der Waals surface area contributed by atoms with Crippen LogP contribution in [0.15, 0.2) is 60.8 Å². The number of esters is 2. The third kappa shape index (κ3) is 36.4. The number of unbranched alkanes of at least 4 members (excludes halogenated alkanes) is 17. The normalized spacial score (nSPS) is 12.8. The zero-order valence-electron chi connectivity index (χ0n) is 31.2. The van der Waals surface area contributed by atoms with Crippen molar-refractivity contribution in [2.75, 3.05) is 13.2 Å². The van der Waals surface area contributed by atoms with Crippen LogP contribution in [0.3, 0.4) is 0 Å². The lowest BCUT2D eigenvalue weighted by Gasteiger charge is -2.15. The van der Waals surface area contributed by atoms with E-state index in [1.54, 1.807) is 0 Å². The summed E-state index contributed by atoms with van der Waals surface area (Å²) in [6.07, 6.45) is 49.9. The van der Waals surface area contributed by atoms with Crippen LogP contribution >= 0.6 is 0 Å². The summed E-state index contributed by atoms with van der Waals surface area (Å²) in [4.78, 5) is 24.2. The van der Waals surface area contributed by atoms with Crippen LogP contribution in [0.25, 0.3) is 0 Å². The van der Waals surface area contributed by atoms with Gasteiger partial charge >= 0.3 is 11.9 Å². The maximum Gasteiger partial charge on any atom is 0.306 e. The second-order valence-corrected chi connectivity index (χ2v) is 13.0. The van der Waals surface area contributed by atoms with Crippen LogP contribution in [0.4, 0.5) is 0 Å². The van der Waals surface area contributed by atoms with E-state index < -0.39 is 6.10 Å². The second-order valence-electron chi connectivity index (χ2n) is 13.0. The number of rotatable bonds is 35. The van der Waals surface area contributed by atoms with E-state index in [-0.39, 0.29) is 25.2 Å². The highest BCUT2D eigenvalue weighted by Gasteiger charge is 2.16. The van der Waals surface area contributed by atoms with Crippen LogP contribution in [0.1, 0.15) is 181 Å². The Morgan fingerprint density at radius 3 is 1.35 bits per heavy atom. The van der Waals surface area contributed by atoms with Gasteiger partial charge in [-0.05, 0) is 57.8 Å². The molecule has 0 aromatic heterocycles. The Balaban J connectivity index is 3.63. The van der Waals surface area contributed by atoms with E-state index >= 15 is 0 Å². The minimum atomic E-state index is -0.784. The second kappa shape index (κ2) is 39.0. The van der Waals surface area contributed by atoms with Crippen LogP contribution < -0.4 is 0 Å². The van der Waals surface area contributed by atoms with Gasteiger partial charge in [-0.2, -0.15) is 0 Å². The molecule has 5 nitrogen and oxygen atoms in total.